The summed E-state index contributed by atoms with van der Waals surface area (Å²) >= 11 is 12.2. The third-order valence-electron chi connectivity index (χ3n) is 5.32. The molecule has 0 aliphatic heterocycles. The van der Waals surface area contributed by atoms with Crippen molar-refractivity contribution in [3.8, 4) is 5.75 Å². The minimum absolute atomic E-state index is 0.170. The molecule has 0 aliphatic carbocycles. The zero-order valence-corrected chi connectivity index (χ0v) is 21.5. The summed E-state index contributed by atoms with van der Waals surface area (Å²) in [7, 11) is 0. The highest BCUT2D eigenvalue weighted by atomic mass is 35.5. The second-order valence-electron chi connectivity index (χ2n) is 8.85. The lowest BCUT2D eigenvalue weighted by molar-refractivity contribution is -0.143. The predicted molar refractivity (Wildman–Crippen MR) is 135 cm³/mol. The summed E-state index contributed by atoms with van der Waals surface area (Å²) in [5.74, 6) is 0.876. The Morgan fingerprint density at radius 1 is 1.00 bits per heavy atom. The monoisotopic (exact) mass is 492 g/mol. The van der Waals surface area contributed by atoms with E-state index in [-0.39, 0.29) is 25.0 Å². The van der Waals surface area contributed by atoms with Crippen molar-refractivity contribution >= 4 is 35.0 Å². The molecule has 0 radical (unpaired) electrons. The first kappa shape index (κ1) is 27.0. The summed E-state index contributed by atoms with van der Waals surface area (Å²) in [6.45, 7) is 10.8. The first-order valence-electron chi connectivity index (χ1n) is 11.4. The van der Waals surface area contributed by atoms with Gasteiger partial charge < -0.3 is 15.0 Å². The third-order valence-corrected chi connectivity index (χ3v) is 6.06. The predicted octanol–water partition coefficient (Wildman–Crippen LogP) is 6.08. The highest BCUT2D eigenvalue weighted by Crippen LogP contribution is 2.24. The van der Waals surface area contributed by atoms with Crippen molar-refractivity contribution in [2.24, 2.45) is 5.92 Å². The van der Waals surface area contributed by atoms with Crippen LogP contribution in [0.5, 0.6) is 5.75 Å². The van der Waals surface area contributed by atoms with Crippen molar-refractivity contribution in [2.45, 2.75) is 59.5 Å². The first-order valence-corrected chi connectivity index (χ1v) is 12.1. The Morgan fingerprint density at radius 3 is 2.21 bits per heavy atom. The van der Waals surface area contributed by atoms with E-state index in [1.54, 1.807) is 23.1 Å². The maximum atomic E-state index is 13.3. The van der Waals surface area contributed by atoms with E-state index in [0.717, 1.165) is 5.56 Å². The van der Waals surface area contributed by atoms with Crippen molar-refractivity contribution in [2.75, 3.05) is 13.2 Å². The Bertz CT molecular complexity index is 930. The Balaban J connectivity index is 2.20. The lowest BCUT2D eigenvalue weighted by atomic mass is 10.0. The molecule has 2 rings (SSSR count). The van der Waals surface area contributed by atoms with E-state index >= 15 is 0 Å². The van der Waals surface area contributed by atoms with Crippen molar-refractivity contribution in [1.82, 2.24) is 10.2 Å². The van der Waals surface area contributed by atoms with E-state index in [9.17, 15) is 9.59 Å². The van der Waals surface area contributed by atoms with Gasteiger partial charge in [-0.1, -0.05) is 76.0 Å². The van der Waals surface area contributed by atoms with Gasteiger partial charge in [-0.15, -0.1) is 0 Å². The maximum Gasteiger partial charge on any atom is 0.261 e. The molecule has 7 heteroatoms. The molecule has 1 N–H and O–H groups in total. The summed E-state index contributed by atoms with van der Waals surface area (Å²) < 4.78 is 5.77. The van der Waals surface area contributed by atoms with Crippen LogP contribution in [0.1, 0.15) is 58.1 Å². The van der Waals surface area contributed by atoms with Gasteiger partial charge in [0.2, 0.25) is 5.91 Å². The average Bonchev–Trinajstić information content (AvgIpc) is 2.78. The van der Waals surface area contributed by atoms with Crippen LogP contribution in [0.15, 0.2) is 42.5 Å². The standard InChI is InChI=1S/C26H34Cl2N2O3/c1-6-24(26(32)29-14-17(2)3)30(15-19-7-12-22(27)23(28)13-19)25(31)16-33-21-10-8-20(9-11-21)18(4)5/h7-13,17-18,24H,6,14-16H2,1-5H3,(H,29,32). The zero-order valence-electron chi connectivity index (χ0n) is 20.0. The highest BCUT2D eigenvalue weighted by molar-refractivity contribution is 6.42. The topological polar surface area (TPSA) is 58.6 Å². The summed E-state index contributed by atoms with van der Waals surface area (Å²) in [5, 5.41) is 3.79. The third kappa shape index (κ3) is 8.24. The summed E-state index contributed by atoms with van der Waals surface area (Å²) in [6.07, 6.45) is 0.472. The molecule has 5 nitrogen and oxygen atoms in total. The number of halogens is 2. The fourth-order valence-electron chi connectivity index (χ4n) is 3.35. The van der Waals surface area contributed by atoms with Gasteiger partial charge in [-0.25, -0.2) is 0 Å². The average molecular weight is 493 g/mol. The molecule has 0 heterocycles. The summed E-state index contributed by atoms with van der Waals surface area (Å²) in [6, 6.07) is 12.3. The first-order chi connectivity index (χ1) is 15.6. The molecule has 2 aromatic carbocycles. The molecule has 0 aliphatic rings. The van der Waals surface area contributed by atoms with Crippen LogP contribution in [0.25, 0.3) is 0 Å². The normalized spacial score (nSPS) is 12.0. The Labute approximate surface area is 207 Å². The number of nitrogens with zero attached hydrogens (tertiary/aromatic N) is 1. The molecule has 0 spiro atoms. The SMILES string of the molecule is CCC(C(=O)NCC(C)C)N(Cc1ccc(Cl)c(Cl)c1)C(=O)COc1ccc(C(C)C)cc1. The zero-order chi connectivity index (χ0) is 24.5. The number of carbonyl (C=O) groups is 2. The van der Waals surface area contributed by atoms with Gasteiger partial charge in [-0.3, -0.25) is 9.59 Å². The van der Waals surface area contributed by atoms with Crippen LogP contribution in [-0.4, -0.2) is 35.9 Å². The fraction of sp³-hybridized carbons (Fsp3) is 0.462. The minimum Gasteiger partial charge on any atom is -0.484 e. The molecule has 1 atom stereocenters. The van der Waals surface area contributed by atoms with Crippen LogP contribution in [0.4, 0.5) is 0 Å². The lowest BCUT2D eigenvalue weighted by Gasteiger charge is -2.31. The van der Waals surface area contributed by atoms with Crippen LogP contribution in [0.3, 0.4) is 0 Å². The Morgan fingerprint density at radius 2 is 1.67 bits per heavy atom. The number of amides is 2. The van der Waals surface area contributed by atoms with E-state index in [0.29, 0.717) is 40.6 Å². The van der Waals surface area contributed by atoms with Crippen molar-refractivity contribution in [3.05, 3.63) is 63.6 Å². The molecule has 0 fully saturated rings. The van der Waals surface area contributed by atoms with Gasteiger partial charge in [0.1, 0.15) is 11.8 Å². The second kappa shape index (κ2) is 12.9. The molecule has 0 bridgehead atoms. The Kier molecular flexibility index (Phi) is 10.5. The molecule has 0 saturated carbocycles. The van der Waals surface area contributed by atoms with Gasteiger partial charge >= 0.3 is 0 Å². The lowest BCUT2D eigenvalue weighted by Crippen LogP contribution is -2.50. The molecular formula is C26H34Cl2N2O3. The van der Waals surface area contributed by atoms with E-state index < -0.39 is 6.04 Å². The second-order valence-corrected chi connectivity index (χ2v) is 9.66. The number of hydrogen-bond donors (Lipinski definition) is 1. The maximum absolute atomic E-state index is 13.3. The Hall–Kier alpha value is -2.24. The highest BCUT2D eigenvalue weighted by Gasteiger charge is 2.29. The van der Waals surface area contributed by atoms with Gasteiger partial charge in [-0.05, 0) is 53.6 Å². The van der Waals surface area contributed by atoms with Gasteiger partial charge in [0.15, 0.2) is 6.61 Å². The molecular weight excluding hydrogens is 459 g/mol. The summed E-state index contributed by atoms with van der Waals surface area (Å²) in [4.78, 5) is 27.7. The molecule has 2 amide bonds. The van der Waals surface area contributed by atoms with Crippen molar-refractivity contribution in [1.29, 1.82) is 0 Å². The molecule has 33 heavy (non-hydrogen) atoms. The van der Waals surface area contributed by atoms with Crippen LogP contribution in [0.2, 0.25) is 10.0 Å². The molecule has 1 unspecified atom stereocenters. The number of ether oxygens (including phenoxy) is 1. The van der Waals surface area contributed by atoms with Gasteiger partial charge in [0.25, 0.3) is 5.91 Å². The van der Waals surface area contributed by atoms with E-state index in [1.807, 2.05) is 45.0 Å². The van der Waals surface area contributed by atoms with Crippen molar-refractivity contribution < 1.29 is 14.3 Å². The number of benzene rings is 2. The van der Waals surface area contributed by atoms with Gasteiger partial charge in [-0.2, -0.15) is 0 Å². The minimum atomic E-state index is -0.627. The van der Waals surface area contributed by atoms with Crippen LogP contribution in [-0.2, 0) is 16.1 Å². The van der Waals surface area contributed by atoms with E-state index in [1.165, 1.54) is 5.56 Å². The number of hydrogen-bond acceptors (Lipinski definition) is 3. The number of rotatable bonds is 11. The van der Waals surface area contributed by atoms with E-state index in [4.69, 9.17) is 27.9 Å². The quantitative estimate of drug-likeness (QED) is 0.413. The fourth-order valence-corrected chi connectivity index (χ4v) is 3.67. The summed E-state index contributed by atoms with van der Waals surface area (Å²) in [5.41, 5.74) is 1.98. The van der Waals surface area contributed by atoms with Crippen LogP contribution in [0, 0.1) is 5.92 Å². The molecule has 0 saturated heterocycles. The van der Waals surface area contributed by atoms with Crippen molar-refractivity contribution in [3.63, 3.8) is 0 Å². The molecule has 2 aromatic rings. The smallest absolute Gasteiger partial charge is 0.261 e. The number of carbonyl (C=O) groups excluding carboxylic acids is 2. The van der Waals surface area contributed by atoms with Crippen LogP contribution < -0.4 is 10.1 Å². The number of nitrogens with one attached hydrogen (secondary N) is 1. The van der Waals surface area contributed by atoms with E-state index in [2.05, 4.69) is 19.2 Å². The van der Waals surface area contributed by atoms with Gasteiger partial charge in [0.05, 0.1) is 10.0 Å². The van der Waals surface area contributed by atoms with Crippen LogP contribution >= 0.6 is 23.2 Å². The molecule has 0 aromatic heterocycles. The largest absolute Gasteiger partial charge is 0.484 e. The molecule has 180 valence electrons. The van der Waals surface area contributed by atoms with Gasteiger partial charge in [0, 0.05) is 13.1 Å².